The predicted octanol–water partition coefficient (Wildman–Crippen LogP) is 3.83. The van der Waals surface area contributed by atoms with E-state index in [4.69, 9.17) is 4.74 Å². The second-order valence-electron chi connectivity index (χ2n) is 7.46. The number of likely N-dealkylation sites (tertiary alicyclic amines) is 1. The van der Waals surface area contributed by atoms with Crippen molar-refractivity contribution in [3.05, 3.63) is 71.5 Å². The number of ether oxygens (including phenoxy) is 1. The number of nitrogens with zero attached hydrogens (tertiary/aromatic N) is 3. The largest absolute Gasteiger partial charge is 0.457 e. The fraction of sp³-hybridized carbons (Fsp3) is 0.304. The van der Waals surface area contributed by atoms with E-state index in [0.29, 0.717) is 35.8 Å². The first-order valence-corrected chi connectivity index (χ1v) is 10.0. The van der Waals surface area contributed by atoms with Gasteiger partial charge in [-0.2, -0.15) is 0 Å². The van der Waals surface area contributed by atoms with E-state index in [1.165, 1.54) is 0 Å². The molecule has 0 aliphatic carbocycles. The van der Waals surface area contributed by atoms with E-state index in [-0.39, 0.29) is 24.0 Å². The number of piperidine rings is 1. The van der Waals surface area contributed by atoms with Crippen molar-refractivity contribution in [2.45, 2.75) is 26.2 Å². The third-order valence-electron chi connectivity index (χ3n) is 5.33. The Hall–Kier alpha value is -3.48. The summed E-state index contributed by atoms with van der Waals surface area (Å²) in [7, 11) is 0. The van der Waals surface area contributed by atoms with Crippen LogP contribution in [0.15, 0.2) is 59.2 Å². The standard InChI is InChI=1S/C23H23N3O4/c1-16-21(25-30-24-16)14-22(27)26-13-5-6-18(15-26)23(28)17-9-11-20(12-10-17)29-19-7-3-2-4-8-19/h2-4,7-12,18H,5-6,13-15H2,1H3. The van der Waals surface area contributed by atoms with Gasteiger partial charge >= 0.3 is 0 Å². The molecule has 154 valence electrons. The lowest BCUT2D eigenvalue weighted by Crippen LogP contribution is -2.43. The minimum absolute atomic E-state index is 0.0537. The molecule has 30 heavy (non-hydrogen) atoms. The zero-order chi connectivity index (χ0) is 20.9. The van der Waals surface area contributed by atoms with Crippen LogP contribution in [0.3, 0.4) is 0 Å². The van der Waals surface area contributed by atoms with Crippen molar-refractivity contribution in [3.63, 3.8) is 0 Å². The highest BCUT2D eigenvalue weighted by Crippen LogP contribution is 2.25. The third-order valence-corrected chi connectivity index (χ3v) is 5.33. The van der Waals surface area contributed by atoms with E-state index in [0.717, 1.165) is 18.6 Å². The van der Waals surface area contributed by atoms with Gasteiger partial charge in [-0.05, 0) is 56.2 Å². The molecule has 0 radical (unpaired) electrons. The van der Waals surface area contributed by atoms with E-state index in [9.17, 15) is 9.59 Å². The molecule has 0 bridgehead atoms. The highest BCUT2D eigenvalue weighted by molar-refractivity contribution is 5.98. The highest BCUT2D eigenvalue weighted by Gasteiger charge is 2.29. The van der Waals surface area contributed by atoms with Crippen LogP contribution in [0.2, 0.25) is 0 Å². The first-order valence-electron chi connectivity index (χ1n) is 10.0. The Morgan fingerprint density at radius 1 is 1.07 bits per heavy atom. The topological polar surface area (TPSA) is 85.5 Å². The van der Waals surface area contributed by atoms with Crippen molar-refractivity contribution in [1.29, 1.82) is 0 Å². The quantitative estimate of drug-likeness (QED) is 0.580. The van der Waals surface area contributed by atoms with Gasteiger partial charge in [0.15, 0.2) is 5.78 Å². The van der Waals surface area contributed by atoms with Gasteiger partial charge in [-0.15, -0.1) is 0 Å². The molecule has 1 amide bonds. The number of aromatic nitrogens is 2. The summed E-state index contributed by atoms with van der Waals surface area (Å²) in [4.78, 5) is 27.4. The van der Waals surface area contributed by atoms with Gasteiger partial charge in [0.2, 0.25) is 5.91 Å². The Morgan fingerprint density at radius 2 is 1.80 bits per heavy atom. The molecule has 1 unspecified atom stereocenters. The number of rotatable bonds is 6. The summed E-state index contributed by atoms with van der Waals surface area (Å²) in [6, 6.07) is 16.7. The zero-order valence-electron chi connectivity index (χ0n) is 16.8. The average molecular weight is 405 g/mol. The Balaban J connectivity index is 1.38. The molecular weight excluding hydrogens is 382 g/mol. The molecule has 1 aromatic heterocycles. The maximum atomic E-state index is 13.0. The summed E-state index contributed by atoms with van der Waals surface area (Å²) in [6.45, 7) is 2.83. The van der Waals surface area contributed by atoms with Crippen molar-refractivity contribution >= 4 is 11.7 Å². The lowest BCUT2D eigenvalue weighted by atomic mass is 9.89. The normalized spacial score (nSPS) is 16.3. The molecule has 4 rings (SSSR count). The number of benzene rings is 2. The Kier molecular flexibility index (Phi) is 5.88. The molecule has 1 saturated heterocycles. The number of carbonyl (C=O) groups excluding carboxylic acids is 2. The summed E-state index contributed by atoms with van der Waals surface area (Å²) in [5, 5.41) is 7.49. The molecule has 2 heterocycles. The number of ketones is 1. The van der Waals surface area contributed by atoms with Gasteiger partial charge in [0.25, 0.3) is 0 Å². The highest BCUT2D eigenvalue weighted by atomic mass is 16.6. The molecule has 1 aliphatic heterocycles. The molecule has 1 atom stereocenters. The van der Waals surface area contributed by atoms with Crippen LogP contribution in [0.4, 0.5) is 0 Å². The fourth-order valence-corrected chi connectivity index (χ4v) is 3.63. The van der Waals surface area contributed by atoms with Gasteiger partial charge in [0, 0.05) is 24.6 Å². The number of aryl methyl sites for hydroxylation is 1. The first kappa shape index (κ1) is 19.8. The number of carbonyl (C=O) groups is 2. The van der Waals surface area contributed by atoms with Crippen LogP contribution in [0, 0.1) is 12.8 Å². The van der Waals surface area contributed by atoms with Crippen molar-refractivity contribution < 1.29 is 19.0 Å². The molecule has 1 fully saturated rings. The zero-order valence-corrected chi connectivity index (χ0v) is 16.8. The van der Waals surface area contributed by atoms with Crippen LogP contribution in [-0.4, -0.2) is 40.0 Å². The van der Waals surface area contributed by atoms with Crippen molar-refractivity contribution in [3.8, 4) is 11.5 Å². The number of hydrogen-bond acceptors (Lipinski definition) is 6. The van der Waals surface area contributed by atoms with Crippen LogP contribution in [0.25, 0.3) is 0 Å². The van der Waals surface area contributed by atoms with Crippen LogP contribution < -0.4 is 4.74 Å². The Bertz CT molecular complexity index is 1010. The van der Waals surface area contributed by atoms with E-state index >= 15 is 0 Å². The van der Waals surface area contributed by atoms with Gasteiger partial charge < -0.3 is 9.64 Å². The smallest absolute Gasteiger partial charge is 0.228 e. The third kappa shape index (κ3) is 4.56. The van der Waals surface area contributed by atoms with Crippen LogP contribution in [0.5, 0.6) is 11.5 Å². The monoisotopic (exact) mass is 405 g/mol. The molecule has 7 nitrogen and oxygen atoms in total. The minimum Gasteiger partial charge on any atom is -0.457 e. The van der Waals surface area contributed by atoms with E-state index in [1.54, 1.807) is 36.1 Å². The lowest BCUT2D eigenvalue weighted by Gasteiger charge is -2.32. The fourth-order valence-electron chi connectivity index (χ4n) is 3.63. The molecular formula is C23H23N3O4. The maximum Gasteiger partial charge on any atom is 0.228 e. The van der Waals surface area contributed by atoms with Gasteiger partial charge in [0.1, 0.15) is 22.9 Å². The van der Waals surface area contributed by atoms with Crippen molar-refractivity contribution in [1.82, 2.24) is 15.2 Å². The van der Waals surface area contributed by atoms with Gasteiger partial charge in [0.05, 0.1) is 6.42 Å². The van der Waals surface area contributed by atoms with E-state index in [1.807, 2.05) is 30.3 Å². The Morgan fingerprint density at radius 3 is 2.50 bits per heavy atom. The SMILES string of the molecule is Cc1nonc1CC(=O)N1CCCC(C(=O)c2ccc(Oc3ccccc3)cc2)C1. The van der Waals surface area contributed by atoms with Crippen LogP contribution in [0.1, 0.15) is 34.6 Å². The molecule has 1 aliphatic rings. The van der Waals surface area contributed by atoms with Crippen LogP contribution >= 0.6 is 0 Å². The van der Waals surface area contributed by atoms with Crippen molar-refractivity contribution in [2.24, 2.45) is 5.92 Å². The summed E-state index contributed by atoms with van der Waals surface area (Å²) >= 11 is 0. The van der Waals surface area contributed by atoms with Crippen LogP contribution in [-0.2, 0) is 11.2 Å². The van der Waals surface area contributed by atoms with Gasteiger partial charge in [-0.25, -0.2) is 4.63 Å². The summed E-state index contributed by atoms with van der Waals surface area (Å²) < 4.78 is 10.4. The molecule has 0 saturated carbocycles. The average Bonchev–Trinajstić information content (AvgIpc) is 3.19. The number of hydrogen-bond donors (Lipinski definition) is 0. The van der Waals surface area contributed by atoms with Crippen molar-refractivity contribution in [2.75, 3.05) is 13.1 Å². The second kappa shape index (κ2) is 8.90. The Labute approximate surface area is 174 Å². The molecule has 7 heteroatoms. The summed E-state index contributed by atoms with van der Waals surface area (Å²) in [5.41, 5.74) is 1.79. The van der Waals surface area contributed by atoms with Gasteiger partial charge in [-0.3, -0.25) is 9.59 Å². The summed E-state index contributed by atoms with van der Waals surface area (Å²) in [5.74, 6) is 1.21. The predicted molar refractivity (Wildman–Crippen MR) is 109 cm³/mol. The number of Topliss-reactive ketones (excluding diaryl/α,β-unsaturated/α-hetero) is 1. The van der Waals surface area contributed by atoms with E-state index < -0.39 is 0 Å². The molecule has 3 aromatic rings. The molecule has 0 N–H and O–H groups in total. The van der Waals surface area contributed by atoms with Gasteiger partial charge in [-0.1, -0.05) is 28.5 Å². The first-order chi connectivity index (χ1) is 14.6. The summed E-state index contributed by atoms with van der Waals surface area (Å²) in [6.07, 6.45) is 1.71. The number of amides is 1. The maximum absolute atomic E-state index is 13.0. The molecule has 0 spiro atoms. The molecule has 2 aromatic carbocycles. The van der Waals surface area contributed by atoms with E-state index in [2.05, 4.69) is 14.9 Å². The second-order valence-corrected chi connectivity index (χ2v) is 7.46. The minimum atomic E-state index is -0.208. The number of para-hydroxylation sites is 1. The lowest BCUT2D eigenvalue weighted by molar-refractivity contribution is -0.132.